The van der Waals surface area contributed by atoms with E-state index in [4.69, 9.17) is 0 Å². The number of aromatic nitrogens is 2. The molecule has 0 saturated carbocycles. The highest BCUT2D eigenvalue weighted by atomic mass is 19.4. The standard InChI is InChI=1S/C16H18F3N3O/c1-2-3-4-14-13-9-10-20-15(13)22(21-14)11-5-7-12(8-6-11)23-16(17,18)19/h5-8,20H,2-4,9-10H2,1H3. The maximum Gasteiger partial charge on any atom is 0.573 e. The molecule has 0 aliphatic carbocycles. The minimum atomic E-state index is -4.68. The van der Waals surface area contributed by atoms with Crippen molar-refractivity contribution in [1.29, 1.82) is 0 Å². The van der Waals surface area contributed by atoms with Crippen molar-refractivity contribution >= 4 is 5.82 Å². The molecule has 0 spiro atoms. The van der Waals surface area contributed by atoms with E-state index in [2.05, 4.69) is 22.1 Å². The van der Waals surface area contributed by atoms with Crippen molar-refractivity contribution < 1.29 is 17.9 Å². The van der Waals surface area contributed by atoms with Gasteiger partial charge in [0.25, 0.3) is 0 Å². The fourth-order valence-electron chi connectivity index (χ4n) is 2.77. The minimum Gasteiger partial charge on any atom is -0.406 e. The summed E-state index contributed by atoms with van der Waals surface area (Å²) < 4.78 is 42.3. The summed E-state index contributed by atoms with van der Waals surface area (Å²) in [5.41, 5.74) is 3.00. The Labute approximate surface area is 132 Å². The van der Waals surface area contributed by atoms with Crippen molar-refractivity contribution in [3.05, 3.63) is 35.5 Å². The highest BCUT2D eigenvalue weighted by Crippen LogP contribution is 2.30. The van der Waals surface area contributed by atoms with Crippen molar-refractivity contribution in [2.45, 2.75) is 39.0 Å². The third-order valence-corrected chi connectivity index (χ3v) is 3.82. The molecule has 4 nitrogen and oxygen atoms in total. The maximum absolute atomic E-state index is 12.2. The second kappa shape index (κ2) is 6.14. The zero-order chi connectivity index (χ0) is 16.4. The summed E-state index contributed by atoms with van der Waals surface area (Å²) in [6.45, 7) is 3.00. The Morgan fingerprint density at radius 3 is 2.65 bits per heavy atom. The predicted molar refractivity (Wildman–Crippen MR) is 81.1 cm³/mol. The molecule has 0 bridgehead atoms. The quantitative estimate of drug-likeness (QED) is 0.900. The van der Waals surface area contributed by atoms with Crippen molar-refractivity contribution in [2.75, 3.05) is 11.9 Å². The van der Waals surface area contributed by atoms with Crippen LogP contribution in [0.1, 0.15) is 31.0 Å². The van der Waals surface area contributed by atoms with Gasteiger partial charge in [-0.2, -0.15) is 5.10 Å². The van der Waals surface area contributed by atoms with Crippen LogP contribution in [-0.2, 0) is 12.8 Å². The first-order valence-corrected chi connectivity index (χ1v) is 7.69. The number of aryl methyl sites for hydroxylation is 1. The Hall–Kier alpha value is -2.18. The molecule has 124 valence electrons. The normalized spacial score (nSPS) is 13.7. The van der Waals surface area contributed by atoms with Gasteiger partial charge in [0.15, 0.2) is 0 Å². The largest absolute Gasteiger partial charge is 0.573 e. The summed E-state index contributed by atoms with van der Waals surface area (Å²) in [6, 6.07) is 5.77. The molecule has 7 heteroatoms. The van der Waals surface area contributed by atoms with E-state index in [0.717, 1.165) is 43.7 Å². The third kappa shape index (κ3) is 3.43. The molecule has 23 heavy (non-hydrogen) atoms. The Bertz CT molecular complexity index is 677. The Kier molecular flexibility index (Phi) is 4.19. The summed E-state index contributed by atoms with van der Waals surface area (Å²) in [7, 11) is 0. The molecule has 1 aliphatic rings. The average Bonchev–Trinajstić information content (AvgIpc) is 3.07. The van der Waals surface area contributed by atoms with Crippen LogP contribution in [0.15, 0.2) is 24.3 Å². The molecule has 1 aromatic heterocycles. The number of fused-ring (bicyclic) bond motifs is 1. The Morgan fingerprint density at radius 2 is 2.00 bits per heavy atom. The molecule has 2 aromatic rings. The summed E-state index contributed by atoms with van der Waals surface area (Å²) in [6.07, 6.45) is -0.657. The molecule has 0 fully saturated rings. The Morgan fingerprint density at radius 1 is 1.26 bits per heavy atom. The molecule has 0 unspecified atom stereocenters. The summed E-state index contributed by atoms with van der Waals surface area (Å²) in [5.74, 6) is 0.713. The third-order valence-electron chi connectivity index (χ3n) is 3.82. The van der Waals surface area contributed by atoms with E-state index < -0.39 is 6.36 Å². The van der Waals surface area contributed by atoms with Crippen LogP contribution < -0.4 is 10.1 Å². The van der Waals surface area contributed by atoms with Gasteiger partial charge in [0.1, 0.15) is 11.6 Å². The van der Waals surface area contributed by atoms with Gasteiger partial charge in [-0.1, -0.05) is 13.3 Å². The second-order valence-corrected chi connectivity index (χ2v) is 5.51. The Balaban J connectivity index is 1.87. The van der Waals surface area contributed by atoms with Crippen LogP contribution in [0.25, 0.3) is 5.69 Å². The van der Waals surface area contributed by atoms with Crippen molar-refractivity contribution in [3.63, 3.8) is 0 Å². The molecular formula is C16H18F3N3O. The van der Waals surface area contributed by atoms with E-state index >= 15 is 0 Å². The van der Waals surface area contributed by atoms with E-state index in [-0.39, 0.29) is 5.75 Å². The molecule has 1 aromatic carbocycles. The number of benzene rings is 1. The van der Waals surface area contributed by atoms with Gasteiger partial charge in [-0.25, -0.2) is 4.68 Å². The number of anilines is 1. The van der Waals surface area contributed by atoms with Crippen molar-refractivity contribution in [3.8, 4) is 11.4 Å². The van der Waals surface area contributed by atoms with Gasteiger partial charge < -0.3 is 10.1 Å². The van der Waals surface area contributed by atoms with Crippen molar-refractivity contribution in [2.24, 2.45) is 0 Å². The van der Waals surface area contributed by atoms with E-state index in [0.29, 0.717) is 5.69 Å². The summed E-state index contributed by atoms with van der Waals surface area (Å²) >= 11 is 0. The number of hydrogen-bond acceptors (Lipinski definition) is 3. The molecule has 0 amide bonds. The van der Waals surface area contributed by atoms with E-state index in [1.807, 2.05) is 0 Å². The predicted octanol–water partition coefficient (Wildman–Crippen LogP) is 4.08. The number of hydrogen-bond donors (Lipinski definition) is 1. The van der Waals surface area contributed by atoms with Crippen LogP contribution >= 0.6 is 0 Å². The van der Waals surface area contributed by atoms with Crippen molar-refractivity contribution in [1.82, 2.24) is 9.78 Å². The van der Waals surface area contributed by atoms with Crippen LogP contribution in [-0.4, -0.2) is 22.7 Å². The molecule has 1 aliphatic heterocycles. The first-order chi connectivity index (χ1) is 11.0. The van der Waals surface area contributed by atoms with Crippen LogP contribution in [0, 0.1) is 0 Å². The molecule has 1 N–H and O–H groups in total. The fraction of sp³-hybridized carbons (Fsp3) is 0.438. The highest BCUT2D eigenvalue weighted by molar-refractivity contribution is 5.57. The second-order valence-electron chi connectivity index (χ2n) is 5.51. The van der Waals surface area contributed by atoms with E-state index in [1.165, 1.54) is 17.7 Å². The first-order valence-electron chi connectivity index (χ1n) is 7.69. The maximum atomic E-state index is 12.2. The lowest BCUT2D eigenvalue weighted by Gasteiger charge is -2.10. The topological polar surface area (TPSA) is 39.1 Å². The fourth-order valence-corrected chi connectivity index (χ4v) is 2.77. The number of ether oxygens (including phenoxy) is 1. The highest BCUT2D eigenvalue weighted by Gasteiger charge is 2.31. The smallest absolute Gasteiger partial charge is 0.406 e. The van der Waals surface area contributed by atoms with Gasteiger partial charge in [0, 0.05) is 12.1 Å². The number of halogens is 3. The SMILES string of the molecule is CCCCc1nn(-c2ccc(OC(F)(F)F)cc2)c2c1CCN2. The summed E-state index contributed by atoms with van der Waals surface area (Å²) in [5, 5.41) is 7.94. The number of nitrogens with one attached hydrogen (secondary N) is 1. The zero-order valence-corrected chi connectivity index (χ0v) is 12.8. The molecule has 0 radical (unpaired) electrons. The molecule has 0 atom stereocenters. The molecular weight excluding hydrogens is 307 g/mol. The van der Waals surface area contributed by atoms with Gasteiger partial charge >= 0.3 is 6.36 Å². The number of rotatable bonds is 5. The van der Waals surface area contributed by atoms with Gasteiger partial charge in [0.05, 0.1) is 11.4 Å². The van der Waals surface area contributed by atoms with Crippen LogP contribution in [0.3, 0.4) is 0 Å². The number of alkyl halides is 3. The lowest BCUT2D eigenvalue weighted by Crippen LogP contribution is -2.17. The van der Waals surface area contributed by atoms with Crippen LogP contribution in [0.5, 0.6) is 5.75 Å². The van der Waals surface area contributed by atoms with Gasteiger partial charge in [-0.3, -0.25) is 0 Å². The lowest BCUT2D eigenvalue weighted by atomic mass is 10.1. The van der Waals surface area contributed by atoms with Gasteiger partial charge in [-0.15, -0.1) is 13.2 Å². The van der Waals surface area contributed by atoms with E-state index in [1.54, 1.807) is 16.8 Å². The minimum absolute atomic E-state index is 0.232. The molecule has 0 saturated heterocycles. The van der Waals surface area contributed by atoms with Gasteiger partial charge in [0.2, 0.25) is 0 Å². The zero-order valence-electron chi connectivity index (χ0n) is 12.8. The van der Waals surface area contributed by atoms with Crippen LogP contribution in [0.4, 0.5) is 19.0 Å². The average molecular weight is 325 g/mol. The van der Waals surface area contributed by atoms with Crippen LogP contribution in [0.2, 0.25) is 0 Å². The summed E-state index contributed by atoms with van der Waals surface area (Å²) in [4.78, 5) is 0. The monoisotopic (exact) mass is 325 g/mol. The van der Waals surface area contributed by atoms with Gasteiger partial charge in [-0.05, 0) is 43.5 Å². The number of unbranched alkanes of at least 4 members (excludes halogenated alkanes) is 1. The number of nitrogens with zero attached hydrogens (tertiary/aromatic N) is 2. The van der Waals surface area contributed by atoms with E-state index in [9.17, 15) is 13.2 Å². The molecule has 3 rings (SSSR count). The molecule has 2 heterocycles. The first kappa shape index (κ1) is 15.7. The lowest BCUT2D eigenvalue weighted by molar-refractivity contribution is -0.274.